The van der Waals surface area contributed by atoms with Crippen molar-refractivity contribution < 1.29 is 0 Å². The predicted octanol–water partition coefficient (Wildman–Crippen LogP) is 4.15. The average Bonchev–Trinajstić information content (AvgIpc) is 3.18. The van der Waals surface area contributed by atoms with Crippen LogP contribution in [0, 0.1) is 13.8 Å². The van der Waals surface area contributed by atoms with Crippen LogP contribution in [0.3, 0.4) is 0 Å². The quantitative estimate of drug-likeness (QED) is 0.582. The van der Waals surface area contributed by atoms with E-state index in [9.17, 15) is 0 Å². The molecule has 26 heavy (non-hydrogen) atoms. The fourth-order valence-corrected chi connectivity index (χ4v) is 3.33. The zero-order valence-electron chi connectivity index (χ0n) is 15.4. The number of nitrogens with zero attached hydrogens (tertiary/aromatic N) is 4. The SMILES string of the molecule is Cc1nn(C)c(C)c1-c1ccnc(NC(C)c2ccc3[nH]ccc3c2)n1. The van der Waals surface area contributed by atoms with Gasteiger partial charge in [0, 0.05) is 36.2 Å². The molecule has 4 rings (SSSR count). The van der Waals surface area contributed by atoms with Gasteiger partial charge in [-0.05, 0) is 56.0 Å². The molecule has 1 aromatic carbocycles. The number of anilines is 1. The summed E-state index contributed by atoms with van der Waals surface area (Å²) in [6, 6.07) is 10.5. The smallest absolute Gasteiger partial charge is 0.223 e. The number of H-pyrrole nitrogens is 1. The molecule has 0 saturated heterocycles. The van der Waals surface area contributed by atoms with Gasteiger partial charge in [0.2, 0.25) is 5.95 Å². The molecule has 1 unspecified atom stereocenters. The van der Waals surface area contributed by atoms with E-state index in [1.807, 2.05) is 30.9 Å². The highest BCUT2D eigenvalue weighted by Gasteiger charge is 2.14. The molecule has 0 amide bonds. The average molecular weight is 346 g/mol. The molecule has 0 bridgehead atoms. The summed E-state index contributed by atoms with van der Waals surface area (Å²) in [5, 5.41) is 9.09. The molecular formula is C20H22N6. The van der Waals surface area contributed by atoms with Crippen LogP contribution in [0.15, 0.2) is 42.7 Å². The van der Waals surface area contributed by atoms with Crippen LogP contribution in [0.5, 0.6) is 0 Å². The van der Waals surface area contributed by atoms with Crippen LogP contribution in [0.1, 0.15) is 29.9 Å². The first-order chi connectivity index (χ1) is 12.5. The maximum atomic E-state index is 4.71. The largest absolute Gasteiger partial charge is 0.361 e. The van der Waals surface area contributed by atoms with Crippen molar-refractivity contribution in [3.63, 3.8) is 0 Å². The van der Waals surface area contributed by atoms with E-state index >= 15 is 0 Å². The van der Waals surface area contributed by atoms with Gasteiger partial charge in [0.1, 0.15) is 0 Å². The van der Waals surface area contributed by atoms with E-state index in [1.54, 1.807) is 6.20 Å². The van der Waals surface area contributed by atoms with Crippen LogP contribution in [-0.2, 0) is 7.05 Å². The molecule has 0 aliphatic heterocycles. The molecule has 0 fully saturated rings. The molecule has 3 heterocycles. The molecule has 1 atom stereocenters. The monoisotopic (exact) mass is 346 g/mol. The Morgan fingerprint density at radius 1 is 1.15 bits per heavy atom. The highest BCUT2D eigenvalue weighted by Crippen LogP contribution is 2.26. The normalized spacial score (nSPS) is 12.5. The van der Waals surface area contributed by atoms with E-state index < -0.39 is 0 Å². The van der Waals surface area contributed by atoms with Crippen LogP contribution >= 0.6 is 0 Å². The second kappa shape index (κ2) is 6.29. The standard InChI is InChI=1S/C20H22N6/c1-12(15-5-6-17-16(11-15)7-9-21-17)23-20-22-10-8-18(24-20)19-13(2)25-26(4)14(19)3/h5-12,21H,1-4H3,(H,22,23,24). The second-order valence-corrected chi connectivity index (χ2v) is 6.63. The van der Waals surface area contributed by atoms with E-state index in [1.165, 1.54) is 10.9 Å². The lowest BCUT2D eigenvalue weighted by molar-refractivity contribution is 0.731. The highest BCUT2D eigenvalue weighted by molar-refractivity contribution is 5.80. The topological polar surface area (TPSA) is 71.4 Å². The molecule has 132 valence electrons. The number of rotatable bonds is 4. The minimum Gasteiger partial charge on any atom is -0.361 e. The Kier molecular flexibility index (Phi) is 3.95. The lowest BCUT2D eigenvalue weighted by Gasteiger charge is -2.15. The summed E-state index contributed by atoms with van der Waals surface area (Å²) in [7, 11) is 1.95. The van der Waals surface area contributed by atoms with Crippen molar-refractivity contribution in [2.45, 2.75) is 26.8 Å². The van der Waals surface area contributed by atoms with Gasteiger partial charge in [0.25, 0.3) is 0 Å². The Hall–Kier alpha value is -3.15. The van der Waals surface area contributed by atoms with Crippen molar-refractivity contribution in [3.8, 4) is 11.3 Å². The van der Waals surface area contributed by atoms with Gasteiger partial charge in [-0.15, -0.1) is 0 Å². The molecular weight excluding hydrogens is 324 g/mol. The number of aromatic amines is 1. The Morgan fingerprint density at radius 3 is 2.77 bits per heavy atom. The van der Waals surface area contributed by atoms with Gasteiger partial charge in [0.15, 0.2) is 0 Å². The fourth-order valence-electron chi connectivity index (χ4n) is 3.33. The van der Waals surface area contributed by atoms with Crippen LogP contribution in [0.4, 0.5) is 5.95 Å². The van der Waals surface area contributed by atoms with Gasteiger partial charge in [-0.2, -0.15) is 5.10 Å². The number of nitrogens with one attached hydrogen (secondary N) is 2. The predicted molar refractivity (Wildman–Crippen MR) is 104 cm³/mol. The third-order valence-electron chi connectivity index (χ3n) is 4.84. The van der Waals surface area contributed by atoms with Gasteiger partial charge < -0.3 is 10.3 Å². The van der Waals surface area contributed by atoms with Crippen molar-refractivity contribution in [2.75, 3.05) is 5.32 Å². The Balaban J connectivity index is 1.62. The van der Waals surface area contributed by atoms with Gasteiger partial charge in [-0.25, -0.2) is 9.97 Å². The number of fused-ring (bicyclic) bond motifs is 1. The first-order valence-electron chi connectivity index (χ1n) is 8.70. The summed E-state index contributed by atoms with van der Waals surface area (Å²) in [4.78, 5) is 12.3. The summed E-state index contributed by atoms with van der Waals surface area (Å²) in [5.41, 5.74) is 6.36. The first kappa shape index (κ1) is 16.3. The molecule has 0 aliphatic rings. The number of hydrogen-bond acceptors (Lipinski definition) is 4. The van der Waals surface area contributed by atoms with E-state index in [0.717, 1.165) is 28.2 Å². The fraction of sp³-hybridized carbons (Fsp3) is 0.250. The summed E-state index contributed by atoms with van der Waals surface area (Å²) in [5.74, 6) is 0.617. The Labute approximate surface area is 152 Å². The maximum Gasteiger partial charge on any atom is 0.223 e. The molecule has 0 saturated carbocycles. The number of benzene rings is 1. The summed E-state index contributed by atoms with van der Waals surface area (Å²) >= 11 is 0. The Bertz CT molecular complexity index is 1080. The highest BCUT2D eigenvalue weighted by atomic mass is 15.3. The summed E-state index contributed by atoms with van der Waals surface area (Å²) in [6.07, 6.45) is 3.75. The molecule has 0 aliphatic carbocycles. The number of aryl methyl sites for hydroxylation is 2. The van der Waals surface area contributed by atoms with Crippen LogP contribution < -0.4 is 5.32 Å². The minimum absolute atomic E-state index is 0.0978. The van der Waals surface area contributed by atoms with Gasteiger partial charge in [0.05, 0.1) is 17.4 Å². The minimum atomic E-state index is 0.0978. The third-order valence-corrected chi connectivity index (χ3v) is 4.84. The molecule has 3 aromatic heterocycles. The van der Waals surface area contributed by atoms with Crippen molar-refractivity contribution in [1.29, 1.82) is 0 Å². The third kappa shape index (κ3) is 2.83. The molecule has 6 heteroatoms. The molecule has 4 aromatic rings. The van der Waals surface area contributed by atoms with E-state index in [4.69, 9.17) is 4.98 Å². The van der Waals surface area contributed by atoms with E-state index in [0.29, 0.717) is 5.95 Å². The zero-order valence-corrected chi connectivity index (χ0v) is 15.4. The zero-order chi connectivity index (χ0) is 18.3. The Morgan fingerprint density at radius 2 is 2.00 bits per heavy atom. The maximum absolute atomic E-state index is 4.71. The first-order valence-corrected chi connectivity index (χ1v) is 8.70. The molecule has 2 N–H and O–H groups in total. The van der Waals surface area contributed by atoms with Gasteiger partial charge in [-0.1, -0.05) is 6.07 Å². The molecule has 6 nitrogen and oxygen atoms in total. The number of hydrogen-bond donors (Lipinski definition) is 2. The van der Waals surface area contributed by atoms with Gasteiger partial charge >= 0.3 is 0 Å². The van der Waals surface area contributed by atoms with Crippen LogP contribution in [0.25, 0.3) is 22.2 Å². The molecule has 0 radical (unpaired) electrons. The van der Waals surface area contributed by atoms with Gasteiger partial charge in [-0.3, -0.25) is 4.68 Å². The summed E-state index contributed by atoms with van der Waals surface area (Å²) < 4.78 is 1.88. The second-order valence-electron chi connectivity index (χ2n) is 6.63. The van der Waals surface area contributed by atoms with Crippen LogP contribution in [0.2, 0.25) is 0 Å². The number of aromatic nitrogens is 5. The van der Waals surface area contributed by atoms with E-state index in [2.05, 4.69) is 58.5 Å². The van der Waals surface area contributed by atoms with Crippen molar-refractivity contribution in [3.05, 3.63) is 59.7 Å². The van der Waals surface area contributed by atoms with Crippen molar-refractivity contribution in [1.82, 2.24) is 24.7 Å². The van der Waals surface area contributed by atoms with Crippen molar-refractivity contribution in [2.24, 2.45) is 7.05 Å². The molecule has 0 spiro atoms. The van der Waals surface area contributed by atoms with Crippen molar-refractivity contribution >= 4 is 16.9 Å². The lowest BCUT2D eigenvalue weighted by atomic mass is 10.1. The van der Waals surface area contributed by atoms with E-state index in [-0.39, 0.29) is 6.04 Å². The van der Waals surface area contributed by atoms with Crippen LogP contribution in [-0.4, -0.2) is 24.7 Å². The summed E-state index contributed by atoms with van der Waals surface area (Å²) in [6.45, 7) is 6.18. The lowest BCUT2D eigenvalue weighted by Crippen LogP contribution is -2.09.